The molecule has 0 radical (unpaired) electrons. The van der Waals surface area contributed by atoms with Gasteiger partial charge in [-0.2, -0.15) is 0 Å². The maximum atomic E-state index is 12.6. The molecule has 3 aliphatic heterocycles. The van der Waals surface area contributed by atoms with Crippen molar-refractivity contribution >= 4 is 66.9 Å². The minimum Gasteiger partial charge on any atom is -0.444 e. The molecule has 2 atom stereocenters. The fourth-order valence-electron chi connectivity index (χ4n) is 5.70. The molecule has 2 aromatic rings. The first-order valence-electron chi connectivity index (χ1n) is 15.4. The summed E-state index contributed by atoms with van der Waals surface area (Å²) in [6.07, 6.45) is 3.86. The Morgan fingerprint density at radius 1 is 0.867 bits per heavy atom. The number of benzene rings is 2. The van der Waals surface area contributed by atoms with Gasteiger partial charge in [-0.15, -0.1) is 0 Å². The Bertz CT molecular complexity index is 1460. The number of nitrogen functional groups attached to an aromatic ring is 1. The van der Waals surface area contributed by atoms with Crippen LogP contribution >= 0.6 is 31.9 Å². The van der Waals surface area contributed by atoms with Crippen LogP contribution in [0, 0.1) is 0 Å². The van der Waals surface area contributed by atoms with Gasteiger partial charge in [0, 0.05) is 46.3 Å². The Labute approximate surface area is 283 Å². The first kappa shape index (κ1) is 34.9. The van der Waals surface area contributed by atoms with E-state index in [-0.39, 0.29) is 24.3 Å². The molecule has 0 spiro atoms. The summed E-state index contributed by atoms with van der Waals surface area (Å²) in [6, 6.07) is 11.3. The highest BCUT2D eigenvalue weighted by Gasteiger charge is 2.38. The Balaban J connectivity index is 0.000000205. The third-order valence-electron chi connectivity index (χ3n) is 7.67. The zero-order chi connectivity index (χ0) is 33.1. The number of amides is 2. The van der Waals surface area contributed by atoms with E-state index in [4.69, 9.17) is 20.2 Å². The predicted octanol–water partition coefficient (Wildman–Crippen LogP) is 8.02. The molecule has 244 valence electrons. The molecule has 2 fully saturated rings. The summed E-state index contributed by atoms with van der Waals surface area (Å²) in [5, 5.41) is 0. The van der Waals surface area contributed by atoms with Crippen LogP contribution in [-0.4, -0.2) is 69.9 Å². The molecule has 0 bridgehead atoms. The van der Waals surface area contributed by atoms with E-state index in [1.807, 2.05) is 70.7 Å². The van der Waals surface area contributed by atoms with Crippen LogP contribution in [0.4, 0.5) is 21.0 Å². The summed E-state index contributed by atoms with van der Waals surface area (Å²) >= 11 is 6.83. The molecule has 0 unspecified atom stereocenters. The van der Waals surface area contributed by atoms with Crippen molar-refractivity contribution in [2.45, 2.75) is 103 Å². The summed E-state index contributed by atoms with van der Waals surface area (Å²) in [6.45, 7) is 12.5. The van der Waals surface area contributed by atoms with Gasteiger partial charge in [0.15, 0.2) is 5.78 Å². The number of hydrogen-bond donors (Lipinski definition) is 1. The number of fused-ring (bicyclic) bond motifs is 1. The average Bonchev–Trinajstić information content (AvgIpc) is 3.67. The van der Waals surface area contributed by atoms with Gasteiger partial charge in [0.2, 0.25) is 0 Å². The number of carbonyl (C=O) groups excluding carboxylic acids is 3. The highest BCUT2D eigenvalue weighted by atomic mass is 79.9. The van der Waals surface area contributed by atoms with Crippen LogP contribution in [0.25, 0.3) is 0 Å². The minimum absolute atomic E-state index is 0.00221. The predicted molar refractivity (Wildman–Crippen MR) is 184 cm³/mol. The molecule has 5 rings (SSSR count). The lowest BCUT2D eigenvalue weighted by atomic mass is 10.0. The second-order valence-corrected chi connectivity index (χ2v) is 15.5. The van der Waals surface area contributed by atoms with Crippen LogP contribution < -0.4 is 5.73 Å². The van der Waals surface area contributed by atoms with Crippen LogP contribution in [0.15, 0.2) is 50.3 Å². The van der Waals surface area contributed by atoms with E-state index in [0.29, 0.717) is 18.7 Å². The SMILES string of the molecule is CC(C)(C)OC(=O)N1CCC[C@H]1C(=O)Cc1ccc(Br)cc1N.CC(C)(C)OC(=O)N1CCC[C@H]1C1=Nc2cc(Br)ccc2C1. The molecule has 0 aromatic heterocycles. The number of aliphatic imine (C=N–C) groups is 1. The molecular weight excluding hydrogens is 704 g/mol. The first-order chi connectivity index (χ1) is 21.0. The molecule has 3 aliphatic rings. The Kier molecular flexibility index (Phi) is 11.1. The fourth-order valence-corrected chi connectivity index (χ4v) is 6.43. The van der Waals surface area contributed by atoms with Gasteiger partial charge in [0.1, 0.15) is 11.2 Å². The van der Waals surface area contributed by atoms with Gasteiger partial charge in [-0.25, -0.2) is 9.59 Å². The van der Waals surface area contributed by atoms with E-state index < -0.39 is 23.3 Å². The quantitative estimate of drug-likeness (QED) is 0.317. The molecule has 2 aromatic carbocycles. The first-order valence-corrected chi connectivity index (χ1v) is 17.0. The molecule has 11 heteroatoms. The van der Waals surface area contributed by atoms with E-state index in [1.54, 1.807) is 11.0 Å². The van der Waals surface area contributed by atoms with Gasteiger partial charge < -0.3 is 15.2 Å². The van der Waals surface area contributed by atoms with E-state index in [1.165, 1.54) is 5.56 Å². The highest BCUT2D eigenvalue weighted by Crippen LogP contribution is 2.34. The van der Waals surface area contributed by atoms with Gasteiger partial charge in [-0.1, -0.05) is 44.0 Å². The summed E-state index contributed by atoms with van der Waals surface area (Å²) in [5.74, 6) is 0.00221. The molecule has 2 saturated heterocycles. The van der Waals surface area contributed by atoms with Crippen molar-refractivity contribution < 1.29 is 23.9 Å². The molecule has 2 amide bonds. The number of Topliss-reactive ketones (excluding diaryl/α,β-unsaturated/α-hetero) is 1. The lowest BCUT2D eigenvalue weighted by molar-refractivity contribution is -0.122. The number of rotatable bonds is 4. The molecule has 45 heavy (non-hydrogen) atoms. The number of nitrogens with zero attached hydrogens (tertiary/aromatic N) is 3. The molecule has 9 nitrogen and oxygen atoms in total. The number of anilines is 1. The topological polar surface area (TPSA) is 115 Å². The summed E-state index contributed by atoms with van der Waals surface area (Å²) in [5.41, 5.74) is 9.62. The minimum atomic E-state index is -0.566. The van der Waals surface area contributed by atoms with Crippen molar-refractivity contribution in [3.8, 4) is 0 Å². The van der Waals surface area contributed by atoms with Gasteiger partial charge in [-0.05, 0) is 103 Å². The van der Waals surface area contributed by atoms with Gasteiger partial charge in [0.05, 0.1) is 17.8 Å². The fraction of sp³-hybridized carbons (Fsp3) is 0.529. The number of carbonyl (C=O) groups is 3. The van der Waals surface area contributed by atoms with E-state index in [9.17, 15) is 14.4 Å². The Morgan fingerprint density at radius 3 is 2.09 bits per heavy atom. The normalized spacial score (nSPS) is 19.4. The maximum absolute atomic E-state index is 12.6. The highest BCUT2D eigenvalue weighted by molar-refractivity contribution is 9.10. The zero-order valence-electron chi connectivity index (χ0n) is 27.0. The lowest BCUT2D eigenvalue weighted by Gasteiger charge is -2.28. The van der Waals surface area contributed by atoms with Gasteiger partial charge in [-0.3, -0.25) is 19.6 Å². The third kappa shape index (κ3) is 9.54. The largest absolute Gasteiger partial charge is 0.444 e. The molecule has 2 N–H and O–H groups in total. The number of halogens is 2. The van der Waals surface area contributed by atoms with Crippen molar-refractivity contribution in [2.24, 2.45) is 4.99 Å². The van der Waals surface area contributed by atoms with Crippen molar-refractivity contribution in [3.63, 3.8) is 0 Å². The van der Waals surface area contributed by atoms with Crippen molar-refractivity contribution in [1.82, 2.24) is 9.80 Å². The van der Waals surface area contributed by atoms with Crippen molar-refractivity contribution in [3.05, 3.63) is 56.5 Å². The molecular formula is C34H44Br2N4O5. The lowest BCUT2D eigenvalue weighted by Crippen LogP contribution is -2.43. The van der Waals surface area contributed by atoms with Gasteiger partial charge in [0.25, 0.3) is 0 Å². The van der Waals surface area contributed by atoms with Crippen LogP contribution in [0.5, 0.6) is 0 Å². The van der Waals surface area contributed by atoms with Gasteiger partial charge >= 0.3 is 12.2 Å². The maximum Gasteiger partial charge on any atom is 0.410 e. The van der Waals surface area contributed by atoms with Crippen molar-refractivity contribution in [2.75, 3.05) is 18.8 Å². The second-order valence-electron chi connectivity index (χ2n) is 13.7. The summed E-state index contributed by atoms with van der Waals surface area (Å²) in [7, 11) is 0. The number of nitrogens with two attached hydrogens (primary N) is 1. The van der Waals surface area contributed by atoms with Crippen LogP contribution in [0.1, 0.15) is 78.4 Å². The number of ketones is 1. The average molecular weight is 749 g/mol. The van der Waals surface area contributed by atoms with Crippen LogP contribution in [0.3, 0.4) is 0 Å². The Hall–Kier alpha value is -2.92. The smallest absolute Gasteiger partial charge is 0.410 e. The monoisotopic (exact) mass is 746 g/mol. The van der Waals surface area contributed by atoms with Crippen LogP contribution in [0.2, 0.25) is 0 Å². The van der Waals surface area contributed by atoms with Crippen LogP contribution in [-0.2, 0) is 27.1 Å². The van der Waals surface area contributed by atoms with E-state index in [2.05, 4.69) is 37.9 Å². The number of hydrogen-bond acceptors (Lipinski definition) is 7. The van der Waals surface area contributed by atoms with Crippen molar-refractivity contribution in [1.29, 1.82) is 0 Å². The summed E-state index contributed by atoms with van der Waals surface area (Å²) in [4.78, 5) is 45.4. The zero-order valence-corrected chi connectivity index (χ0v) is 30.2. The van der Waals surface area contributed by atoms with E-state index >= 15 is 0 Å². The van der Waals surface area contributed by atoms with E-state index in [0.717, 1.165) is 58.1 Å². The molecule has 0 saturated carbocycles. The Morgan fingerprint density at radius 2 is 1.44 bits per heavy atom. The third-order valence-corrected chi connectivity index (χ3v) is 8.66. The standard InChI is InChI=1S/C17H23BrN2O3.C17H21BrN2O2/c1-17(2,3)23-16(22)20-8-4-5-14(20)15(21)9-11-6-7-12(18)10-13(11)19;1-17(2,3)22-16(21)20-8-4-5-15(20)14-9-11-6-7-12(18)10-13(11)19-14/h6-7,10,14H,4-5,8-9,19H2,1-3H3;6-7,10,15H,4-5,8-9H2,1-3H3/t14-;15-/m00/s1. The summed E-state index contributed by atoms with van der Waals surface area (Å²) < 4.78 is 12.8. The molecule has 3 heterocycles. The number of likely N-dealkylation sites (tertiary alicyclic amines) is 2. The number of ether oxygens (including phenoxy) is 2. The molecule has 0 aliphatic carbocycles. The second kappa shape index (κ2) is 14.2.